The van der Waals surface area contributed by atoms with Crippen molar-refractivity contribution in [3.8, 4) is 0 Å². The van der Waals surface area contributed by atoms with Crippen molar-refractivity contribution in [3.05, 3.63) is 35.4 Å². The molecule has 0 aromatic heterocycles. The summed E-state index contributed by atoms with van der Waals surface area (Å²) in [7, 11) is 0. The first-order chi connectivity index (χ1) is 8.50. The minimum atomic E-state index is -0.865. The molecule has 1 aliphatic carbocycles. The highest BCUT2D eigenvalue weighted by Gasteiger charge is 2.28. The largest absolute Gasteiger partial charge is 0.481 e. The fourth-order valence-electron chi connectivity index (χ4n) is 2.18. The zero-order valence-electron chi connectivity index (χ0n) is 10.8. The number of rotatable bonds is 5. The van der Waals surface area contributed by atoms with Gasteiger partial charge in [0.2, 0.25) is 0 Å². The summed E-state index contributed by atoms with van der Waals surface area (Å²) in [5, 5.41) is 19.2. The Morgan fingerprint density at radius 1 is 1.22 bits per heavy atom. The predicted octanol–water partition coefficient (Wildman–Crippen LogP) is 2.95. The van der Waals surface area contributed by atoms with E-state index in [0.29, 0.717) is 5.92 Å². The molecule has 2 rings (SSSR count). The summed E-state index contributed by atoms with van der Waals surface area (Å²) in [6.45, 7) is 3.41. The third kappa shape index (κ3) is 2.72. The lowest BCUT2D eigenvalue weighted by Gasteiger charge is -2.22. The maximum absolute atomic E-state index is 10.9. The molecular weight excluding hydrogens is 228 g/mol. The first-order valence-corrected chi connectivity index (χ1v) is 6.51. The van der Waals surface area contributed by atoms with Gasteiger partial charge in [-0.3, -0.25) is 4.79 Å². The van der Waals surface area contributed by atoms with Crippen molar-refractivity contribution < 1.29 is 15.0 Å². The van der Waals surface area contributed by atoms with Crippen LogP contribution < -0.4 is 0 Å². The zero-order chi connectivity index (χ0) is 13.3. The Morgan fingerprint density at radius 3 is 2.22 bits per heavy atom. The van der Waals surface area contributed by atoms with Gasteiger partial charge in [0.05, 0.1) is 12.0 Å². The maximum Gasteiger partial charge on any atom is 0.306 e. The van der Waals surface area contributed by atoms with Gasteiger partial charge in [-0.2, -0.15) is 0 Å². The van der Waals surface area contributed by atoms with E-state index in [1.54, 1.807) is 13.8 Å². The van der Waals surface area contributed by atoms with Crippen LogP contribution in [0.4, 0.5) is 0 Å². The van der Waals surface area contributed by atoms with E-state index in [0.717, 1.165) is 5.56 Å². The molecule has 1 fully saturated rings. The molecule has 0 bridgehead atoms. The summed E-state index contributed by atoms with van der Waals surface area (Å²) < 4.78 is 0. The Bertz CT molecular complexity index is 420. The van der Waals surface area contributed by atoms with E-state index >= 15 is 0 Å². The standard InChI is InChI=1S/C15H20O3/c1-9(10(2)15(17)18)14(16)13-7-5-12(6-8-13)11-3-4-11/h5-11,14,16H,3-4H2,1-2H3,(H,17,18). The minimum absolute atomic E-state index is 0.297. The average molecular weight is 248 g/mol. The molecule has 2 N–H and O–H groups in total. The highest BCUT2D eigenvalue weighted by molar-refractivity contribution is 5.69. The van der Waals surface area contributed by atoms with Gasteiger partial charge < -0.3 is 10.2 Å². The van der Waals surface area contributed by atoms with Crippen molar-refractivity contribution in [2.75, 3.05) is 0 Å². The Hall–Kier alpha value is -1.35. The van der Waals surface area contributed by atoms with E-state index in [2.05, 4.69) is 0 Å². The summed E-state index contributed by atoms with van der Waals surface area (Å²) in [5.41, 5.74) is 2.13. The highest BCUT2D eigenvalue weighted by Crippen LogP contribution is 2.40. The van der Waals surface area contributed by atoms with Gasteiger partial charge in [0.15, 0.2) is 0 Å². The van der Waals surface area contributed by atoms with Crippen molar-refractivity contribution in [2.45, 2.75) is 38.7 Å². The van der Waals surface area contributed by atoms with Gasteiger partial charge in [-0.15, -0.1) is 0 Å². The van der Waals surface area contributed by atoms with Crippen molar-refractivity contribution in [3.63, 3.8) is 0 Å². The second kappa shape index (κ2) is 5.11. The number of carbonyl (C=O) groups is 1. The molecular formula is C15H20O3. The van der Waals surface area contributed by atoms with Crippen LogP contribution in [0.15, 0.2) is 24.3 Å². The Labute approximate surface area is 107 Å². The molecule has 3 heteroatoms. The molecule has 98 valence electrons. The quantitative estimate of drug-likeness (QED) is 0.842. The van der Waals surface area contributed by atoms with Gasteiger partial charge in [-0.05, 0) is 35.8 Å². The van der Waals surface area contributed by atoms with E-state index < -0.39 is 18.0 Å². The number of aliphatic hydroxyl groups is 1. The molecule has 3 nitrogen and oxygen atoms in total. The SMILES string of the molecule is CC(C(=O)O)C(C)C(O)c1ccc(C2CC2)cc1. The number of benzene rings is 1. The lowest BCUT2D eigenvalue weighted by molar-refractivity contribution is -0.144. The predicted molar refractivity (Wildman–Crippen MR) is 69.3 cm³/mol. The first-order valence-electron chi connectivity index (χ1n) is 6.51. The van der Waals surface area contributed by atoms with Gasteiger partial charge in [0, 0.05) is 0 Å². The van der Waals surface area contributed by atoms with Crippen molar-refractivity contribution in [1.29, 1.82) is 0 Å². The Morgan fingerprint density at radius 2 is 1.78 bits per heavy atom. The van der Waals surface area contributed by atoms with Crippen LogP contribution in [0.25, 0.3) is 0 Å². The molecule has 0 saturated heterocycles. The molecule has 1 aliphatic rings. The molecule has 3 unspecified atom stereocenters. The van der Waals surface area contributed by atoms with Crippen LogP contribution in [0.2, 0.25) is 0 Å². The maximum atomic E-state index is 10.9. The Kier molecular flexibility index (Phi) is 3.71. The van der Waals surface area contributed by atoms with E-state index in [9.17, 15) is 9.90 Å². The van der Waals surface area contributed by atoms with Crippen molar-refractivity contribution in [2.24, 2.45) is 11.8 Å². The van der Waals surface area contributed by atoms with Crippen LogP contribution in [0.3, 0.4) is 0 Å². The van der Waals surface area contributed by atoms with Gasteiger partial charge >= 0.3 is 5.97 Å². The topological polar surface area (TPSA) is 57.5 Å². The molecule has 1 saturated carbocycles. The van der Waals surface area contributed by atoms with Crippen LogP contribution in [-0.2, 0) is 4.79 Å². The second-order valence-corrected chi connectivity index (χ2v) is 5.37. The van der Waals surface area contributed by atoms with Gasteiger partial charge in [-0.25, -0.2) is 0 Å². The number of hydrogen-bond acceptors (Lipinski definition) is 2. The molecule has 0 aliphatic heterocycles. The van der Waals surface area contributed by atoms with Gasteiger partial charge in [-0.1, -0.05) is 38.1 Å². The number of carboxylic acids is 1. The number of aliphatic hydroxyl groups excluding tert-OH is 1. The van der Waals surface area contributed by atoms with Gasteiger partial charge in [0.25, 0.3) is 0 Å². The molecule has 0 radical (unpaired) electrons. The summed E-state index contributed by atoms with van der Waals surface area (Å²) >= 11 is 0. The highest BCUT2D eigenvalue weighted by atomic mass is 16.4. The van der Waals surface area contributed by atoms with Crippen LogP contribution in [0.5, 0.6) is 0 Å². The van der Waals surface area contributed by atoms with Crippen LogP contribution in [0, 0.1) is 11.8 Å². The third-order valence-electron chi connectivity index (χ3n) is 4.00. The summed E-state index contributed by atoms with van der Waals surface area (Å²) in [6, 6.07) is 7.94. The summed E-state index contributed by atoms with van der Waals surface area (Å²) in [5.74, 6) is -1.01. The normalized spacial score (nSPS) is 20.2. The van der Waals surface area contributed by atoms with E-state index in [1.165, 1.54) is 18.4 Å². The lowest BCUT2D eigenvalue weighted by atomic mass is 9.87. The fraction of sp³-hybridized carbons (Fsp3) is 0.533. The molecule has 1 aromatic rings. The zero-order valence-corrected chi connectivity index (χ0v) is 10.8. The molecule has 18 heavy (non-hydrogen) atoms. The van der Waals surface area contributed by atoms with E-state index in [-0.39, 0.29) is 5.92 Å². The fourth-order valence-corrected chi connectivity index (χ4v) is 2.18. The number of hydrogen-bond donors (Lipinski definition) is 2. The Balaban J connectivity index is 2.07. The third-order valence-corrected chi connectivity index (χ3v) is 4.00. The van der Waals surface area contributed by atoms with Crippen LogP contribution >= 0.6 is 0 Å². The lowest BCUT2D eigenvalue weighted by Crippen LogP contribution is -2.23. The monoisotopic (exact) mass is 248 g/mol. The smallest absolute Gasteiger partial charge is 0.306 e. The molecule has 1 aromatic carbocycles. The summed E-state index contributed by atoms with van der Waals surface area (Å²) in [6.07, 6.45) is 1.80. The molecule has 0 spiro atoms. The molecule has 0 amide bonds. The first kappa shape index (κ1) is 13.1. The van der Waals surface area contributed by atoms with Gasteiger partial charge in [0.1, 0.15) is 0 Å². The van der Waals surface area contributed by atoms with E-state index in [4.69, 9.17) is 5.11 Å². The van der Waals surface area contributed by atoms with E-state index in [1.807, 2.05) is 24.3 Å². The molecule has 0 heterocycles. The minimum Gasteiger partial charge on any atom is -0.481 e. The number of carboxylic acid groups (broad SMARTS) is 1. The molecule has 3 atom stereocenters. The van der Waals surface area contributed by atoms with Crippen LogP contribution in [-0.4, -0.2) is 16.2 Å². The van der Waals surface area contributed by atoms with Crippen molar-refractivity contribution in [1.82, 2.24) is 0 Å². The van der Waals surface area contributed by atoms with Crippen LogP contribution in [0.1, 0.15) is 49.8 Å². The summed E-state index contributed by atoms with van der Waals surface area (Å²) in [4.78, 5) is 10.9. The second-order valence-electron chi connectivity index (χ2n) is 5.37. The number of aliphatic carboxylic acids is 1. The van der Waals surface area contributed by atoms with Crippen molar-refractivity contribution >= 4 is 5.97 Å². The average Bonchev–Trinajstić information content (AvgIpc) is 3.20.